The molecule has 7 heteroatoms. The Labute approximate surface area is 143 Å². The van der Waals surface area contributed by atoms with Crippen LogP contribution >= 0.6 is 23.4 Å². The van der Waals surface area contributed by atoms with E-state index >= 15 is 0 Å². The predicted molar refractivity (Wildman–Crippen MR) is 90.7 cm³/mol. The van der Waals surface area contributed by atoms with E-state index in [1.807, 2.05) is 24.6 Å². The number of hydrogen-bond donors (Lipinski definition) is 1. The van der Waals surface area contributed by atoms with Gasteiger partial charge in [-0.15, -0.1) is 11.8 Å². The van der Waals surface area contributed by atoms with E-state index in [0.29, 0.717) is 13.0 Å². The zero-order chi connectivity index (χ0) is 16.4. The molecule has 1 aliphatic heterocycles. The highest BCUT2D eigenvalue weighted by atomic mass is 35.5. The Bertz CT molecular complexity index is 679. The maximum atomic E-state index is 12.3. The van der Waals surface area contributed by atoms with Gasteiger partial charge in [0.2, 0.25) is 0 Å². The largest absolute Gasteiger partial charge is 0.361 e. The van der Waals surface area contributed by atoms with Crippen LogP contribution in [0.4, 0.5) is 8.78 Å². The summed E-state index contributed by atoms with van der Waals surface area (Å²) in [6.07, 6.45) is 5.13. The van der Waals surface area contributed by atoms with Crippen LogP contribution in [-0.4, -0.2) is 48.5 Å². The Kier molecular flexibility index (Phi) is 5.46. The van der Waals surface area contributed by atoms with Crippen LogP contribution in [0.2, 0.25) is 5.02 Å². The second-order valence-electron chi connectivity index (χ2n) is 5.68. The van der Waals surface area contributed by atoms with Gasteiger partial charge < -0.3 is 14.6 Å². The molecule has 1 aromatic carbocycles. The Balaban J connectivity index is 1.66. The molecule has 1 fully saturated rings. The van der Waals surface area contributed by atoms with E-state index < -0.39 is 6.61 Å². The molecule has 0 amide bonds. The molecule has 1 aliphatic rings. The fourth-order valence-corrected chi connectivity index (χ4v) is 4.12. The molecule has 126 valence electrons. The van der Waals surface area contributed by atoms with Gasteiger partial charge in [0, 0.05) is 41.6 Å². The quantitative estimate of drug-likeness (QED) is 0.774. The summed E-state index contributed by atoms with van der Waals surface area (Å²) in [7, 11) is 0. The van der Waals surface area contributed by atoms with Crippen LogP contribution in [0, 0.1) is 0 Å². The summed E-state index contributed by atoms with van der Waals surface area (Å²) in [5.41, 5.74) is 2.20. The van der Waals surface area contributed by atoms with Crippen LogP contribution in [-0.2, 0) is 11.2 Å². The third kappa shape index (κ3) is 3.82. The molecule has 0 bridgehead atoms. The van der Waals surface area contributed by atoms with Crippen molar-refractivity contribution < 1.29 is 13.5 Å². The molecule has 0 saturated carbocycles. The van der Waals surface area contributed by atoms with Crippen LogP contribution < -0.4 is 0 Å². The van der Waals surface area contributed by atoms with Crippen molar-refractivity contribution in [2.75, 3.05) is 25.9 Å². The minimum absolute atomic E-state index is 0.357. The number of alkyl halides is 2. The predicted octanol–water partition coefficient (Wildman–Crippen LogP) is 4.40. The third-order valence-corrected chi connectivity index (χ3v) is 5.56. The molecule has 0 unspecified atom stereocenters. The Morgan fingerprint density at radius 2 is 2.30 bits per heavy atom. The van der Waals surface area contributed by atoms with Gasteiger partial charge in [0.15, 0.2) is 0 Å². The number of ether oxygens (including phenoxy) is 1. The van der Waals surface area contributed by atoms with Crippen molar-refractivity contribution in [1.29, 1.82) is 0 Å². The topological polar surface area (TPSA) is 28.3 Å². The Morgan fingerprint density at radius 3 is 3.04 bits per heavy atom. The zero-order valence-electron chi connectivity index (χ0n) is 12.8. The van der Waals surface area contributed by atoms with Crippen molar-refractivity contribution in [1.82, 2.24) is 9.88 Å². The lowest BCUT2D eigenvalue weighted by Crippen LogP contribution is -2.26. The van der Waals surface area contributed by atoms with Crippen LogP contribution in [0.25, 0.3) is 10.9 Å². The zero-order valence-corrected chi connectivity index (χ0v) is 14.4. The number of fused-ring (bicyclic) bond motifs is 1. The lowest BCUT2D eigenvalue weighted by atomic mass is 10.1. The van der Waals surface area contributed by atoms with Crippen molar-refractivity contribution in [2.45, 2.75) is 30.5 Å². The fraction of sp³-hybridized carbons (Fsp3) is 0.500. The summed E-state index contributed by atoms with van der Waals surface area (Å²) >= 11 is 8.13. The van der Waals surface area contributed by atoms with Crippen LogP contribution in [0.3, 0.4) is 0 Å². The summed E-state index contributed by atoms with van der Waals surface area (Å²) < 4.78 is 29.1. The molecule has 1 atom stereocenters. The van der Waals surface area contributed by atoms with Gasteiger partial charge in [0.05, 0.1) is 11.1 Å². The molecule has 0 aliphatic carbocycles. The van der Waals surface area contributed by atoms with Gasteiger partial charge in [0.25, 0.3) is 0 Å². The molecule has 1 N–H and O–H groups in total. The first-order valence-corrected chi connectivity index (χ1v) is 9.17. The number of nitrogens with zero attached hydrogens (tertiary/aromatic N) is 1. The number of hydrogen-bond acceptors (Lipinski definition) is 3. The number of thioether (sulfide) groups is 1. The summed E-state index contributed by atoms with van der Waals surface area (Å²) in [6.45, 7) is -0.507. The number of aromatic nitrogens is 1. The van der Waals surface area contributed by atoms with Crippen molar-refractivity contribution in [3.05, 3.63) is 28.9 Å². The highest BCUT2D eigenvalue weighted by molar-refractivity contribution is 7.98. The first kappa shape index (κ1) is 17.0. The number of rotatable bonds is 6. The summed E-state index contributed by atoms with van der Waals surface area (Å²) in [4.78, 5) is 6.48. The highest BCUT2D eigenvalue weighted by Gasteiger charge is 2.25. The van der Waals surface area contributed by atoms with E-state index in [1.54, 1.807) is 11.8 Å². The molecule has 0 spiro atoms. The number of likely N-dealkylation sites (tertiary alicyclic amines) is 1. The van der Waals surface area contributed by atoms with Gasteiger partial charge in [-0.3, -0.25) is 0 Å². The molecule has 3 rings (SSSR count). The summed E-state index contributed by atoms with van der Waals surface area (Å²) in [5.74, 6) is 0. The van der Waals surface area contributed by atoms with Crippen LogP contribution in [0.15, 0.2) is 23.2 Å². The van der Waals surface area contributed by atoms with Gasteiger partial charge in [-0.25, -0.2) is 0 Å². The van der Waals surface area contributed by atoms with Gasteiger partial charge in [-0.05, 0) is 36.8 Å². The van der Waals surface area contributed by atoms with E-state index in [-0.39, 0.29) is 6.10 Å². The number of nitrogens with one attached hydrogen (secondary N) is 1. The van der Waals surface area contributed by atoms with E-state index in [1.165, 1.54) is 5.56 Å². The van der Waals surface area contributed by atoms with E-state index in [4.69, 9.17) is 11.6 Å². The number of benzene rings is 1. The first-order chi connectivity index (χ1) is 11.1. The minimum Gasteiger partial charge on any atom is -0.361 e. The van der Waals surface area contributed by atoms with Crippen molar-refractivity contribution in [2.24, 2.45) is 0 Å². The average molecular weight is 361 g/mol. The second-order valence-corrected chi connectivity index (χ2v) is 6.90. The molecule has 0 radical (unpaired) electrons. The standard InChI is InChI=1S/C16H19ClF2N2OS/c1-23-13-3-2-12-14(15(13)17)10(8-20-12)4-6-21-7-5-11(9-21)22-16(18)19/h2-3,8,11,16,20H,4-7,9H2,1H3/t11-/m1/s1. The number of aromatic amines is 1. The Hall–Kier alpha value is -0.820. The van der Waals surface area contributed by atoms with E-state index in [9.17, 15) is 8.78 Å². The number of halogens is 3. The molecular weight excluding hydrogens is 342 g/mol. The SMILES string of the molecule is CSc1ccc2[nH]cc(CCN3CC[C@@H](OC(F)F)C3)c2c1Cl. The molecule has 3 nitrogen and oxygen atoms in total. The summed E-state index contributed by atoms with van der Waals surface area (Å²) in [6, 6.07) is 4.06. The van der Waals surface area contributed by atoms with Crippen LogP contribution in [0.1, 0.15) is 12.0 Å². The van der Waals surface area contributed by atoms with E-state index in [0.717, 1.165) is 40.3 Å². The lowest BCUT2D eigenvalue weighted by Gasteiger charge is -2.16. The third-order valence-electron chi connectivity index (χ3n) is 4.27. The maximum Gasteiger partial charge on any atom is 0.345 e. The molecule has 2 heterocycles. The molecule has 23 heavy (non-hydrogen) atoms. The molecular formula is C16H19ClF2N2OS. The lowest BCUT2D eigenvalue weighted by molar-refractivity contribution is -0.158. The fourth-order valence-electron chi connectivity index (χ4n) is 3.12. The Morgan fingerprint density at radius 1 is 1.48 bits per heavy atom. The van der Waals surface area contributed by atoms with Crippen LogP contribution in [0.5, 0.6) is 0 Å². The van der Waals surface area contributed by atoms with Gasteiger partial charge in [-0.2, -0.15) is 8.78 Å². The first-order valence-electron chi connectivity index (χ1n) is 7.57. The normalized spacial score (nSPS) is 19.3. The highest BCUT2D eigenvalue weighted by Crippen LogP contribution is 2.34. The minimum atomic E-state index is -2.68. The monoisotopic (exact) mass is 360 g/mol. The average Bonchev–Trinajstić information content (AvgIpc) is 3.12. The number of H-pyrrole nitrogens is 1. The summed E-state index contributed by atoms with van der Waals surface area (Å²) in [5, 5.41) is 1.85. The van der Waals surface area contributed by atoms with Gasteiger partial charge in [0.1, 0.15) is 0 Å². The van der Waals surface area contributed by atoms with Gasteiger partial charge >= 0.3 is 6.61 Å². The van der Waals surface area contributed by atoms with Crippen molar-refractivity contribution in [3.63, 3.8) is 0 Å². The maximum absolute atomic E-state index is 12.3. The molecule has 1 saturated heterocycles. The second kappa shape index (κ2) is 7.38. The van der Waals surface area contributed by atoms with Crippen molar-refractivity contribution in [3.8, 4) is 0 Å². The molecule has 1 aromatic heterocycles. The van der Waals surface area contributed by atoms with Crippen molar-refractivity contribution >= 4 is 34.3 Å². The van der Waals surface area contributed by atoms with E-state index in [2.05, 4.69) is 14.6 Å². The molecule has 2 aromatic rings. The van der Waals surface area contributed by atoms with Gasteiger partial charge in [-0.1, -0.05) is 11.6 Å². The smallest absolute Gasteiger partial charge is 0.345 e.